The number of nitrogens with zero attached hydrogens (tertiary/aromatic N) is 1. The zero-order chi connectivity index (χ0) is 14.3. The highest BCUT2D eigenvalue weighted by atomic mass is 19.4. The minimum Gasteiger partial charge on any atom is -0.486 e. The number of aromatic nitrogens is 2. The zero-order valence-electron chi connectivity index (χ0n) is 10.1. The highest BCUT2D eigenvalue weighted by Crippen LogP contribution is 2.47. The number of nitrogens with one attached hydrogen (secondary N) is 1. The Bertz CT molecular complexity index is 652. The van der Waals surface area contributed by atoms with E-state index in [0.29, 0.717) is 6.61 Å². The maximum atomic E-state index is 13.1. The number of nitrogens with two attached hydrogens (primary N) is 1. The van der Waals surface area contributed by atoms with Crippen molar-refractivity contribution in [2.45, 2.75) is 6.18 Å². The molecule has 3 rings (SSSR count). The number of fused-ring (bicyclic) bond motifs is 1. The largest absolute Gasteiger partial charge is 0.486 e. The molecule has 2 heterocycles. The number of halogens is 3. The van der Waals surface area contributed by atoms with Gasteiger partial charge >= 0.3 is 6.18 Å². The minimum absolute atomic E-state index is 0.0507. The van der Waals surface area contributed by atoms with Crippen LogP contribution in [0.3, 0.4) is 0 Å². The zero-order valence-corrected chi connectivity index (χ0v) is 10.1. The Kier molecular flexibility index (Phi) is 2.73. The molecule has 5 nitrogen and oxygen atoms in total. The second kappa shape index (κ2) is 4.32. The van der Waals surface area contributed by atoms with Crippen LogP contribution in [-0.4, -0.2) is 23.4 Å². The first-order chi connectivity index (χ1) is 9.47. The van der Waals surface area contributed by atoms with Crippen molar-refractivity contribution in [3.8, 4) is 22.8 Å². The first-order valence-electron chi connectivity index (χ1n) is 5.78. The third-order valence-corrected chi connectivity index (χ3v) is 2.88. The van der Waals surface area contributed by atoms with E-state index in [2.05, 4.69) is 10.2 Å². The number of anilines is 1. The Morgan fingerprint density at radius 2 is 1.95 bits per heavy atom. The second-order valence-corrected chi connectivity index (χ2v) is 4.22. The van der Waals surface area contributed by atoms with Gasteiger partial charge in [0, 0.05) is 6.07 Å². The summed E-state index contributed by atoms with van der Waals surface area (Å²) in [6.07, 6.45) is -4.52. The number of aromatic amines is 1. The normalized spacial score (nSPS) is 14.3. The van der Waals surface area contributed by atoms with Crippen molar-refractivity contribution >= 4 is 5.82 Å². The predicted molar refractivity (Wildman–Crippen MR) is 64.4 cm³/mol. The fourth-order valence-corrected chi connectivity index (χ4v) is 2.08. The molecule has 0 saturated heterocycles. The highest BCUT2D eigenvalue weighted by Gasteiger charge is 2.37. The van der Waals surface area contributed by atoms with Gasteiger partial charge in [0.2, 0.25) is 0 Å². The molecule has 3 N–H and O–H groups in total. The molecular weight excluding hydrogens is 275 g/mol. The first kappa shape index (κ1) is 12.6. The monoisotopic (exact) mass is 285 g/mol. The van der Waals surface area contributed by atoms with Crippen molar-refractivity contribution in [3.63, 3.8) is 0 Å². The molecule has 0 saturated carbocycles. The molecular formula is C12H10F3N3O2. The Balaban J connectivity index is 2.27. The Morgan fingerprint density at radius 1 is 1.20 bits per heavy atom. The third kappa shape index (κ3) is 2.02. The lowest BCUT2D eigenvalue weighted by molar-refractivity contribution is -0.137. The first-order valence-corrected chi connectivity index (χ1v) is 5.78. The molecule has 0 bridgehead atoms. The Morgan fingerprint density at radius 3 is 2.60 bits per heavy atom. The van der Waals surface area contributed by atoms with Crippen LogP contribution in [0.1, 0.15) is 5.56 Å². The van der Waals surface area contributed by atoms with Crippen LogP contribution in [0.5, 0.6) is 11.5 Å². The standard InChI is InChI=1S/C12H10F3N3O2/c13-12(14,15)6-1-2-8-11(20-4-3-19-8)10(6)7-5-9(16)18-17-7/h1-2,5H,3-4H2,(H3,16,17,18). The molecule has 8 heteroatoms. The van der Waals surface area contributed by atoms with Gasteiger partial charge in [-0.25, -0.2) is 0 Å². The van der Waals surface area contributed by atoms with E-state index in [1.165, 1.54) is 12.1 Å². The fourth-order valence-electron chi connectivity index (χ4n) is 2.08. The number of rotatable bonds is 1. The molecule has 2 aromatic rings. The van der Waals surface area contributed by atoms with Crippen LogP contribution in [0.15, 0.2) is 18.2 Å². The average molecular weight is 285 g/mol. The second-order valence-electron chi connectivity index (χ2n) is 4.22. The quantitative estimate of drug-likeness (QED) is 0.844. The number of hydrogen-bond donors (Lipinski definition) is 2. The van der Waals surface area contributed by atoms with E-state index in [1.807, 2.05) is 0 Å². The molecule has 0 fully saturated rings. The molecule has 1 aromatic heterocycles. The van der Waals surface area contributed by atoms with E-state index < -0.39 is 11.7 Å². The van der Waals surface area contributed by atoms with Gasteiger partial charge in [-0.15, -0.1) is 0 Å². The lowest BCUT2D eigenvalue weighted by atomic mass is 10.0. The SMILES string of the molecule is Nc1cc(-c2c(C(F)(F)F)ccc3c2OCCO3)[nH]n1. The van der Waals surface area contributed by atoms with E-state index in [-0.39, 0.29) is 35.2 Å². The summed E-state index contributed by atoms with van der Waals surface area (Å²) < 4.78 is 50.1. The summed E-state index contributed by atoms with van der Waals surface area (Å²) in [6.45, 7) is 0.480. The van der Waals surface area contributed by atoms with Crippen molar-refractivity contribution in [1.29, 1.82) is 0 Å². The van der Waals surface area contributed by atoms with Gasteiger partial charge < -0.3 is 15.2 Å². The van der Waals surface area contributed by atoms with Crippen LogP contribution in [0.25, 0.3) is 11.3 Å². The molecule has 1 aliphatic rings. The van der Waals surface area contributed by atoms with E-state index in [9.17, 15) is 13.2 Å². The van der Waals surface area contributed by atoms with Crippen molar-refractivity contribution in [3.05, 3.63) is 23.8 Å². The molecule has 0 aliphatic carbocycles. The number of alkyl halides is 3. The third-order valence-electron chi connectivity index (χ3n) is 2.88. The Hall–Kier alpha value is -2.38. The van der Waals surface area contributed by atoms with E-state index in [1.54, 1.807) is 0 Å². The van der Waals surface area contributed by atoms with E-state index in [4.69, 9.17) is 15.2 Å². The molecule has 0 atom stereocenters. The molecule has 0 radical (unpaired) electrons. The average Bonchev–Trinajstić information content (AvgIpc) is 2.82. The molecule has 1 aromatic carbocycles. The number of H-pyrrole nitrogens is 1. The van der Waals surface area contributed by atoms with Crippen molar-refractivity contribution in [1.82, 2.24) is 10.2 Å². The van der Waals surface area contributed by atoms with Gasteiger partial charge in [-0.3, -0.25) is 5.10 Å². The van der Waals surface area contributed by atoms with Gasteiger partial charge in [0.05, 0.1) is 16.8 Å². The highest BCUT2D eigenvalue weighted by molar-refractivity contribution is 5.76. The van der Waals surface area contributed by atoms with Gasteiger partial charge in [-0.1, -0.05) is 0 Å². The summed E-state index contributed by atoms with van der Waals surface area (Å²) in [4.78, 5) is 0. The van der Waals surface area contributed by atoms with Crippen LogP contribution in [0, 0.1) is 0 Å². The smallest absolute Gasteiger partial charge is 0.417 e. The van der Waals surface area contributed by atoms with Gasteiger partial charge in [0.15, 0.2) is 11.5 Å². The fraction of sp³-hybridized carbons (Fsp3) is 0.250. The van der Waals surface area contributed by atoms with Crippen LogP contribution in [0.2, 0.25) is 0 Å². The summed E-state index contributed by atoms with van der Waals surface area (Å²) in [5, 5.41) is 6.13. The Labute approximate surface area is 111 Å². The van der Waals surface area contributed by atoms with E-state index >= 15 is 0 Å². The molecule has 106 valence electrons. The van der Waals surface area contributed by atoms with Crippen LogP contribution >= 0.6 is 0 Å². The molecule has 0 amide bonds. The van der Waals surface area contributed by atoms with Crippen molar-refractivity contribution in [2.75, 3.05) is 18.9 Å². The summed E-state index contributed by atoms with van der Waals surface area (Å²) in [7, 11) is 0. The number of ether oxygens (including phenoxy) is 2. The van der Waals surface area contributed by atoms with Crippen LogP contribution in [-0.2, 0) is 6.18 Å². The lowest BCUT2D eigenvalue weighted by Gasteiger charge is -2.23. The summed E-state index contributed by atoms with van der Waals surface area (Å²) >= 11 is 0. The molecule has 0 spiro atoms. The summed E-state index contributed by atoms with van der Waals surface area (Å²) in [5.41, 5.74) is 4.62. The predicted octanol–water partition coefficient (Wildman–Crippen LogP) is 2.45. The van der Waals surface area contributed by atoms with Gasteiger partial charge in [-0.05, 0) is 12.1 Å². The van der Waals surface area contributed by atoms with Gasteiger partial charge in [0.25, 0.3) is 0 Å². The van der Waals surface area contributed by atoms with E-state index in [0.717, 1.165) is 6.07 Å². The van der Waals surface area contributed by atoms with Crippen LogP contribution in [0.4, 0.5) is 19.0 Å². The number of hydrogen-bond acceptors (Lipinski definition) is 4. The molecule has 0 unspecified atom stereocenters. The molecule has 20 heavy (non-hydrogen) atoms. The lowest BCUT2D eigenvalue weighted by Crippen LogP contribution is -2.18. The molecule has 1 aliphatic heterocycles. The number of benzene rings is 1. The van der Waals surface area contributed by atoms with Crippen molar-refractivity contribution < 1.29 is 22.6 Å². The topological polar surface area (TPSA) is 73.2 Å². The maximum absolute atomic E-state index is 13.1. The van der Waals surface area contributed by atoms with Crippen molar-refractivity contribution in [2.24, 2.45) is 0 Å². The maximum Gasteiger partial charge on any atom is 0.417 e. The summed E-state index contributed by atoms with van der Waals surface area (Å²) in [6, 6.07) is 3.53. The van der Waals surface area contributed by atoms with Gasteiger partial charge in [0.1, 0.15) is 19.0 Å². The number of nitrogen functional groups attached to an aromatic ring is 1. The van der Waals surface area contributed by atoms with Gasteiger partial charge in [-0.2, -0.15) is 18.3 Å². The minimum atomic E-state index is -4.52. The van der Waals surface area contributed by atoms with Crippen LogP contribution < -0.4 is 15.2 Å². The summed E-state index contributed by atoms with van der Waals surface area (Å²) in [5.74, 6) is 0.421.